The second-order valence-corrected chi connectivity index (χ2v) is 10.9. The van der Waals surface area contributed by atoms with Gasteiger partial charge in [-0.1, -0.05) is 0 Å². The highest BCUT2D eigenvalue weighted by Crippen LogP contribution is 2.20. The molecule has 10 nitrogen and oxygen atoms in total. The fourth-order valence-electron chi connectivity index (χ4n) is 2.37. The van der Waals surface area contributed by atoms with Crippen LogP contribution < -0.4 is 0 Å². The first-order valence-electron chi connectivity index (χ1n) is 10.0. The molecule has 31 heavy (non-hydrogen) atoms. The Kier molecular flexibility index (Phi) is 15.2. The Morgan fingerprint density at radius 2 is 1.19 bits per heavy atom. The maximum atomic E-state index is 11.9. The number of hydrogen-bond acceptors (Lipinski definition) is 6. The first-order valence-corrected chi connectivity index (χ1v) is 12.4. The van der Waals surface area contributed by atoms with Crippen molar-refractivity contribution in [3.63, 3.8) is 0 Å². The molecule has 0 saturated heterocycles. The highest BCUT2D eigenvalue weighted by atomic mass is 32.2. The van der Waals surface area contributed by atoms with Crippen LogP contribution in [0, 0.1) is 0 Å². The molecule has 12 heteroatoms. The number of aliphatic carboxylic acids is 2. The van der Waals surface area contributed by atoms with Gasteiger partial charge >= 0.3 is 22.4 Å². The van der Waals surface area contributed by atoms with Crippen molar-refractivity contribution in [3.05, 3.63) is 0 Å². The number of carbonyl (C=O) groups is 4. The maximum Gasteiger partial charge on any atom is 0.312 e. The second kappa shape index (κ2) is 15.1. The first-order chi connectivity index (χ1) is 14.2. The molecule has 0 spiro atoms. The average Bonchev–Trinajstić information content (AvgIpc) is 2.67. The number of rotatable bonds is 10. The van der Waals surface area contributed by atoms with E-state index in [2.05, 4.69) is 0 Å². The third kappa shape index (κ3) is 11.4. The standard InChI is InChI=1S/C10H19NO4S.C9H17NO4S/c1-5-11(6-2)9(14)16(15)10(3,4)7-8(12)13;1-4-10(5-2)9(13)15(14)7(3)6-8(11)12/h5-7H2,1-4H3,(H,12,13);7H,4-6H2,1-3H3,(H,11,12). The van der Waals surface area contributed by atoms with Crippen LogP contribution in [0.1, 0.15) is 61.3 Å². The van der Waals surface area contributed by atoms with Crippen molar-refractivity contribution < 1.29 is 37.8 Å². The third-order valence-electron chi connectivity index (χ3n) is 4.28. The molecule has 0 aliphatic rings. The Morgan fingerprint density at radius 1 is 0.806 bits per heavy atom. The summed E-state index contributed by atoms with van der Waals surface area (Å²) in [7, 11) is -3.57. The monoisotopic (exact) mass is 484 g/mol. The van der Waals surface area contributed by atoms with E-state index in [1.54, 1.807) is 27.7 Å². The molecule has 0 rings (SSSR count). The first kappa shape index (κ1) is 31.4. The van der Waals surface area contributed by atoms with Gasteiger partial charge in [0, 0.05) is 26.2 Å². The zero-order valence-electron chi connectivity index (χ0n) is 19.4. The lowest BCUT2D eigenvalue weighted by atomic mass is 10.1. The minimum absolute atomic E-state index is 0.250. The van der Waals surface area contributed by atoms with Crippen molar-refractivity contribution in [1.82, 2.24) is 9.80 Å². The van der Waals surface area contributed by atoms with Crippen LogP contribution in [0.5, 0.6) is 0 Å². The average molecular weight is 485 g/mol. The Labute approximate surface area is 189 Å². The Balaban J connectivity index is 0. The van der Waals surface area contributed by atoms with Crippen LogP contribution in [0.3, 0.4) is 0 Å². The van der Waals surface area contributed by atoms with Gasteiger partial charge in [0.2, 0.25) is 0 Å². The molecule has 0 heterocycles. The molecule has 0 aliphatic carbocycles. The molecule has 182 valence electrons. The van der Waals surface area contributed by atoms with Gasteiger partial charge in [-0.3, -0.25) is 19.2 Å². The molecular weight excluding hydrogens is 448 g/mol. The van der Waals surface area contributed by atoms with E-state index in [-0.39, 0.29) is 12.8 Å². The highest BCUT2D eigenvalue weighted by Gasteiger charge is 2.35. The van der Waals surface area contributed by atoms with Crippen LogP contribution in [-0.4, -0.2) is 87.0 Å². The Hall–Kier alpha value is -1.82. The fraction of sp³-hybridized carbons (Fsp3) is 0.789. The quantitative estimate of drug-likeness (QED) is 0.480. The second-order valence-electron chi connectivity index (χ2n) is 7.18. The van der Waals surface area contributed by atoms with E-state index in [9.17, 15) is 27.6 Å². The number of carboxylic acid groups (broad SMARTS) is 2. The van der Waals surface area contributed by atoms with Crippen LogP contribution in [0.4, 0.5) is 9.59 Å². The number of carboxylic acids is 2. The highest BCUT2D eigenvalue weighted by molar-refractivity contribution is 8.01. The summed E-state index contributed by atoms with van der Waals surface area (Å²) in [5.74, 6) is -2.09. The summed E-state index contributed by atoms with van der Waals surface area (Å²) < 4.78 is 22.5. The van der Waals surface area contributed by atoms with Gasteiger partial charge in [0.25, 0.3) is 0 Å². The normalized spacial score (nSPS) is 13.8. The maximum absolute atomic E-state index is 11.9. The molecule has 0 fully saturated rings. The van der Waals surface area contributed by atoms with Crippen molar-refractivity contribution in [3.8, 4) is 0 Å². The van der Waals surface area contributed by atoms with Gasteiger partial charge in [-0.25, -0.2) is 8.42 Å². The van der Waals surface area contributed by atoms with Crippen LogP contribution in [0.2, 0.25) is 0 Å². The van der Waals surface area contributed by atoms with Crippen LogP contribution >= 0.6 is 0 Å². The summed E-state index contributed by atoms with van der Waals surface area (Å²) in [6, 6.07) is 0. The molecule has 0 radical (unpaired) electrons. The van der Waals surface area contributed by atoms with E-state index < -0.39 is 54.0 Å². The number of amides is 2. The van der Waals surface area contributed by atoms with E-state index >= 15 is 0 Å². The van der Waals surface area contributed by atoms with Crippen LogP contribution in [0.25, 0.3) is 0 Å². The van der Waals surface area contributed by atoms with Crippen molar-refractivity contribution in [2.24, 2.45) is 0 Å². The molecule has 2 N–H and O–H groups in total. The zero-order valence-corrected chi connectivity index (χ0v) is 21.0. The Bertz CT molecular complexity index is 674. The molecule has 0 saturated carbocycles. The summed E-state index contributed by atoms with van der Waals surface area (Å²) in [5.41, 5.74) is 0. The van der Waals surface area contributed by atoms with E-state index in [4.69, 9.17) is 10.2 Å². The topological polar surface area (TPSA) is 149 Å². The summed E-state index contributed by atoms with van der Waals surface area (Å²) >= 11 is 0. The van der Waals surface area contributed by atoms with Gasteiger partial charge in [-0.05, 0) is 48.5 Å². The molecule has 0 bridgehead atoms. The van der Waals surface area contributed by atoms with E-state index in [0.29, 0.717) is 26.2 Å². The summed E-state index contributed by atoms with van der Waals surface area (Å²) in [5, 5.41) is 15.6. The van der Waals surface area contributed by atoms with Gasteiger partial charge in [-0.15, -0.1) is 0 Å². The molecule has 3 atom stereocenters. The van der Waals surface area contributed by atoms with Crippen molar-refractivity contribution >= 4 is 44.0 Å². The Morgan fingerprint density at radius 3 is 1.52 bits per heavy atom. The lowest BCUT2D eigenvalue weighted by Crippen LogP contribution is -2.41. The fourth-order valence-corrected chi connectivity index (χ4v) is 4.74. The minimum Gasteiger partial charge on any atom is -0.481 e. The van der Waals surface area contributed by atoms with Crippen molar-refractivity contribution in [1.29, 1.82) is 0 Å². The number of nitrogens with zero attached hydrogens (tertiary/aromatic N) is 2. The smallest absolute Gasteiger partial charge is 0.312 e. The van der Waals surface area contributed by atoms with Crippen LogP contribution in [0.15, 0.2) is 0 Å². The number of hydrogen-bond donors (Lipinski definition) is 2. The largest absolute Gasteiger partial charge is 0.481 e. The zero-order chi connectivity index (χ0) is 24.9. The molecule has 0 aromatic carbocycles. The van der Waals surface area contributed by atoms with Gasteiger partial charge in [0.05, 0.1) is 22.8 Å². The summed E-state index contributed by atoms with van der Waals surface area (Å²) in [6.07, 6.45) is -0.535. The lowest BCUT2D eigenvalue weighted by molar-refractivity contribution is -0.138. The van der Waals surface area contributed by atoms with Crippen molar-refractivity contribution in [2.75, 3.05) is 26.2 Å². The van der Waals surface area contributed by atoms with Gasteiger partial charge in [0.15, 0.2) is 0 Å². The number of carbonyl (C=O) groups excluding carboxylic acids is 2. The molecule has 0 aromatic rings. The molecule has 0 aromatic heterocycles. The van der Waals surface area contributed by atoms with Crippen molar-refractivity contribution in [2.45, 2.75) is 71.3 Å². The predicted octanol–water partition coefficient (Wildman–Crippen LogP) is 2.51. The molecule has 0 aliphatic heterocycles. The van der Waals surface area contributed by atoms with E-state index in [0.717, 1.165) is 0 Å². The van der Waals surface area contributed by atoms with Gasteiger partial charge in [0.1, 0.15) is 21.6 Å². The lowest BCUT2D eigenvalue weighted by Gasteiger charge is -2.25. The SMILES string of the molecule is CCN(CC)C(=O)S(=O)C(C)(C)CC(=O)O.CCN(CC)C(=O)S(=O)C(C)CC(=O)O. The summed E-state index contributed by atoms with van der Waals surface area (Å²) in [6.45, 7) is 13.7. The minimum atomic E-state index is -1.82. The van der Waals surface area contributed by atoms with Gasteiger partial charge < -0.3 is 20.0 Å². The molecule has 2 amide bonds. The summed E-state index contributed by atoms with van der Waals surface area (Å²) in [4.78, 5) is 47.2. The van der Waals surface area contributed by atoms with Gasteiger partial charge in [-0.2, -0.15) is 0 Å². The van der Waals surface area contributed by atoms with E-state index in [1.165, 1.54) is 30.6 Å². The predicted molar refractivity (Wildman–Crippen MR) is 121 cm³/mol. The molecule has 3 unspecified atom stereocenters. The van der Waals surface area contributed by atoms with E-state index in [1.807, 2.05) is 0 Å². The molecular formula is C19H36N2O8S2. The van der Waals surface area contributed by atoms with Crippen LogP contribution in [-0.2, 0) is 31.2 Å². The third-order valence-corrected chi connectivity index (χ3v) is 7.50.